The number of aliphatic hydroxyl groups is 1. The van der Waals surface area contributed by atoms with Gasteiger partial charge in [0.2, 0.25) is 5.91 Å². The van der Waals surface area contributed by atoms with Crippen molar-refractivity contribution in [3.63, 3.8) is 0 Å². The summed E-state index contributed by atoms with van der Waals surface area (Å²) in [6.45, 7) is 5.64. The third kappa shape index (κ3) is 3.68. The molecule has 2 N–H and O–H groups in total. The second-order valence-corrected chi connectivity index (χ2v) is 7.99. The normalized spacial score (nSPS) is 14.3. The average molecular weight is 402 g/mol. The first-order valence-electron chi connectivity index (χ1n) is 10.1. The predicted molar refractivity (Wildman–Crippen MR) is 118 cm³/mol. The molecular formula is C25H26N2O3. The number of rotatable bonds is 6. The van der Waals surface area contributed by atoms with Crippen LogP contribution in [0.3, 0.4) is 0 Å². The summed E-state index contributed by atoms with van der Waals surface area (Å²) in [5, 5.41) is 12.1. The average Bonchev–Trinajstić information content (AvgIpc) is 3.53. The first-order chi connectivity index (χ1) is 14.4. The fourth-order valence-electron chi connectivity index (χ4n) is 3.91. The number of anilines is 1. The van der Waals surface area contributed by atoms with Crippen molar-refractivity contribution < 1.29 is 14.6 Å². The van der Waals surface area contributed by atoms with Gasteiger partial charge in [0, 0.05) is 11.8 Å². The van der Waals surface area contributed by atoms with Gasteiger partial charge in [0.15, 0.2) is 6.79 Å². The lowest BCUT2D eigenvalue weighted by molar-refractivity contribution is -0.118. The molecule has 1 saturated carbocycles. The highest BCUT2D eigenvalue weighted by molar-refractivity contribution is 6.01. The molecule has 1 fully saturated rings. The molecule has 0 aliphatic heterocycles. The molecule has 0 spiro atoms. The molecule has 0 saturated heterocycles. The van der Waals surface area contributed by atoms with E-state index < -0.39 is 5.41 Å². The summed E-state index contributed by atoms with van der Waals surface area (Å²) in [4.78, 5) is 17.6. The van der Waals surface area contributed by atoms with Crippen molar-refractivity contribution in [2.24, 2.45) is 0 Å². The molecule has 0 atom stereocenters. The van der Waals surface area contributed by atoms with Crippen LogP contribution in [0, 0.1) is 20.8 Å². The number of pyridine rings is 1. The molecule has 1 heterocycles. The van der Waals surface area contributed by atoms with E-state index in [1.165, 1.54) is 5.56 Å². The zero-order valence-corrected chi connectivity index (χ0v) is 17.5. The highest BCUT2D eigenvalue weighted by Gasteiger charge is 2.51. The smallest absolute Gasteiger partial charge is 0.236 e. The summed E-state index contributed by atoms with van der Waals surface area (Å²) >= 11 is 0. The van der Waals surface area contributed by atoms with Gasteiger partial charge in [-0.15, -0.1) is 0 Å². The molecule has 1 aromatic heterocycles. The molecule has 1 aliphatic carbocycles. The first kappa shape index (κ1) is 20.1. The maximum atomic E-state index is 13.1. The van der Waals surface area contributed by atoms with Crippen LogP contribution in [0.15, 0.2) is 54.7 Å². The minimum atomic E-state index is -0.564. The second-order valence-electron chi connectivity index (χ2n) is 7.99. The summed E-state index contributed by atoms with van der Waals surface area (Å²) in [7, 11) is 0. The number of hydrogen-bond acceptors (Lipinski definition) is 4. The van der Waals surface area contributed by atoms with E-state index in [0.29, 0.717) is 11.6 Å². The second kappa shape index (κ2) is 7.92. The van der Waals surface area contributed by atoms with Crippen molar-refractivity contribution in [1.82, 2.24) is 4.98 Å². The monoisotopic (exact) mass is 402 g/mol. The molecule has 0 bridgehead atoms. The standard InChI is InChI=1S/C25H26N2O3/c1-16-6-4-5-7-20(16)21-14-26-23(12-18(21)3)27-24(29)25(10-11-25)19-9-8-17(2)22(13-19)30-15-28/h4-9,12-14,28H,10-11,15H2,1-3H3,(H,26,27,29). The Morgan fingerprint density at radius 1 is 1.03 bits per heavy atom. The summed E-state index contributed by atoms with van der Waals surface area (Å²) in [5.41, 5.74) is 5.73. The van der Waals surface area contributed by atoms with Gasteiger partial charge in [-0.25, -0.2) is 4.98 Å². The Bertz CT molecular complexity index is 1100. The number of amides is 1. The summed E-state index contributed by atoms with van der Waals surface area (Å²) in [6.07, 6.45) is 3.38. The summed E-state index contributed by atoms with van der Waals surface area (Å²) < 4.78 is 5.29. The van der Waals surface area contributed by atoms with Crippen LogP contribution in [0.1, 0.15) is 35.1 Å². The Balaban J connectivity index is 1.56. The number of aryl methyl sites for hydroxylation is 3. The van der Waals surface area contributed by atoms with Crippen LogP contribution in [0.4, 0.5) is 5.82 Å². The highest BCUT2D eigenvalue weighted by Crippen LogP contribution is 2.50. The fraction of sp³-hybridized carbons (Fsp3) is 0.280. The van der Waals surface area contributed by atoms with E-state index in [0.717, 1.165) is 40.7 Å². The minimum Gasteiger partial charge on any atom is -0.467 e. The maximum absolute atomic E-state index is 13.1. The number of carbonyl (C=O) groups excluding carboxylic acids is 1. The Morgan fingerprint density at radius 3 is 2.47 bits per heavy atom. The van der Waals surface area contributed by atoms with Crippen LogP contribution < -0.4 is 10.1 Å². The van der Waals surface area contributed by atoms with Crippen LogP contribution in [0.5, 0.6) is 5.75 Å². The van der Waals surface area contributed by atoms with E-state index in [-0.39, 0.29) is 12.7 Å². The third-order valence-electron chi connectivity index (χ3n) is 5.93. The molecule has 3 aromatic rings. The van der Waals surface area contributed by atoms with E-state index in [1.807, 2.05) is 56.4 Å². The van der Waals surface area contributed by atoms with Gasteiger partial charge in [-0.2, -0.15) is 0 Å². The van der Waals surface area contributed by atoms with Crippen molar-refractivity contribution in [2.75, 3.05) is 12.1 Å². The van der Waals surface area contributed by atoms with Crippen LogP contribution in [-0.2, 0) is 10.2 Å². The lowest BCUT2D eigenvalue weighted by Crippen LogP contribution is -2.28. The number of benzene rings is 2. The van der Waals surface area contributed by atoms with E-state index >= 15 is 0 Å². The van der Waals surface area contributed by atoms with Gasteiger partial charge < -0.3 is 15.2 Å². The quantitative estimate of drug-likeness (QED) is 0.588. The van der Waals surface area contributed by atoms with Crippen molar-refractivity contribution in [3.05, 3.63) is 77.0 Å². The number of carbonyl (C=O) groups is 1. The van der Waals surface area contributed by atoms with Crippen molar-refractivity contribution in [2.45, 2.75) is 39.0 Å². The Hall–Kier alpha value is -3.18. The van der Waals surface area contributed by atoms with E-state index in [1.54, 1.807) is 0 Å². The molecule has 1 amide bonds. The van der Waals surface area contributed by atoms with Gasteiger partial charge >= 0.3 is 0 Å². The largest absolute Gasteiger partial charge is 0.467 e. The highest BCUT2D eigenvalue weighted by atomic mass is 16.6. The van der Waals surface area contributed by atoms with E-state index in [4.69, 9.17) is 9.84 Å². The molecule has 5 nitrogen and oxygen atoms in total. The van der Waals surface area contributed by atoms with Crippen molar-refractivity contribution in [1.29, 1.82) is 0 Å². The van der Waals surface area contributed by atoms with E-state index in [9.17, 15) is 4.79 Å². The van der Waals surface area contributed by atoms with Gasteiger partial charge in [0.1, 0.15) is 11.6 Å². The van der Waals surface area contributed by atoms with Gasteiger partial charge in [0.25, 0.3) is 0 Å². The van der Waals surface area contributed by atoms with Gasteiger partial charge in [-0.1, -0.05) is 36.4 Å². The number of ether oxygens (including phenoxy) is 1. The summed E-state index contributed by atoms with van der Waals surface area (Å²) in [5.74, 6) is 1.10. The topological polar surface area (TPSA) is 71.5 Å². The van der Waals surface area contributed by atoms with Crippen LogP contribution in [-0.4, -0.2) is 22.8 Å². The fourth-order valence-corrected chi connectivity index (χ4v) is 3.91. The number of aliphatic hydroxyl groups excluding tert-OH is 1. The molecule has 4 rings (SSSR count). The van der Waals surface area contributed by atoms with Gasteiger partial charge in [0.05, 0.1) is 5.41 Å². The molecular weight excluding hydrogens is 376 g/mol. The molecule has 0 unspecified atom stereocenters. The van der Waals surface area contributed by atoms with Gasteiger partial charge in [-0.05, 0) is 73.6 Å². The Morgan fingerprint density at radius 2 is 1.80 bits per heavy atom. The molecule has 30 heavy (non-hydrogen) atoms. The van der Waals surface area contributed by atoms with Crippen LogP contribution >= 0.6 is 0 Å². The number of aromatic nitrogens is 1. The third-order valence-corrected chi connectivity index (χ3v) is 5.93. The Kier molecular flexibility index (Phi) is 5.31. The predicted octanol–water partition coefficient (Wildman–Crippen LogP) is 4.67. The SMILES string of the molecule is Cc1ccc(C2(C(=O)Nc3cc(C)c(-c4ccccc4C)cn3)CC2)cc1OCO. The van der Waals surface area contributed by atoms with Crippen LogP contribution in [0.2, 0.25) is 0 Å². The zero-order chi connectivity index (χ0) is 21.3. The lowest BCUT2D eigenvalue weighted by atomic mass is 9.93. The summed E-state index contributed by atoms with van der Waals surface area (Å²) in [6, 6.07) is 15.9. The number of nitrogens with one attached hydrogen (secondary N) is 1. The minimum absolute atomic E-state index is 0.0585. The van der Waals surface area contributed by atoms with Crippen LogP contribution in [0.25, 0.3) is 11.1 Å². The molecule has 1 aliphatic rings. The lowest BCUT2D eigenvalue weighted by Gasteiger charge is -2.18. The zero-order valence-electron chi connectivity index (χ0n) is 17.5. The number of nitrogens with zero attached hydrogens (tertiary/aromatic N) is 1. The molecule has 2 aromatic carbocycles. The number of hydrogen-bond donors (Lipinski definition) is 2. The Labute approximate surface area is 176 Å². The van der Waals surface area contributed by atoms with E-state index in [2.05, 4.69) is 29.4 Å². The van der Waals surface area contributed by atoms with Crippen molar-refractivity contribution in [3.8, 4) is 16.9 Å². The maximum Gasteiger partial charge on any atom is 0.236 e. The molecule has 5 heteroatoms. The van der Waals surface area contributed by atoms with Gasteiger partial charge in [-0.3, -0.25) is 4.79 Å². The first-order valence-corrected chi connectivity index (χ1v) is 10.1. The van der Waals surface area contributed by atoms with Crippen molar-refractivity contribution >= 4 is 11.7 Å². The molecule has 154 valence electrons. The molecule has 0 radical (unpaired) electrons.